The lowest BCUT2D eigenvalue weighted by Crippen LogP contribution is -2.53. The van der Waals surface area contributed by atoms with Crippen molar-refractivity contribution in [2.75, 3.05) is 19.6 Å². The van der Waals surface area contributed by atoms with E-state index in [1.165, 1.54) is 0 Å². The van der Waals surface area contributed by atoms with Crippen LogP contribution >= 0.6 is 0 Å². The van der Waals surface area contributed by atoms with Gasteiger partial charge in [0.1, 0.15) is 5.66 Å². The van der Waals surface area contributed by atoms with Crippen LogP contribution in [0.3, 0.4) is 0 Å². The molecule has 0 radical (unpaired) electrons. The molecule has 9 heteroatoms. The molecule has 1 spiro atoms. The molecular weight excluding hydrogens is 556 g/mol. The largest absolute Gasteiger partial charge is 0.481 e. The molecule has 2 bridgehead atoms. The molecule has 3 atom stereocenters. The van der Waals surface area contributed by atoms with Crippen LogP contribution in [0.2, 0.25) is 0 Å². The number of carboxylic acid groups (broad SMARTS) is 1. The van der Waals surface area contributed by atoms with Gasteiger partial charge in [-0.25, -0.2) is 4.99 Å². The Hall–Kier alpha value is -2.94. The zero-order valence-electron chi connectivity index (χ0n) is 27.5. The number of nitrogens with zero attached hydrogens (tertiary/aromatic N) is 3. The Bertz CT molecular complexity index is 1240. The predicted molar refractivity (Wildman–Crippen MR) is 170 cm³/mol. The minimum atomic E-state index is -0.950. The van der Waals surface area contributed by atoms with Crippen LogP contribution in [0.4, 0.5) is 0 Å². The Morgan fingerprint density at radius 3 is 2.18 bits per heavy atom. The Balaban J connectivity index is 1.47. The minimum absolute atomic E-state index is 0.0231. The maximum absolute atomic E-state index is 14.7. The van der Waals surface area contributed by atoms with E-state index in [1.807, 2.05) is 12.1 Å². The van der Waals surface area contributed by atoms with Crippen molar-refractivity contribution in [2.24, 2.45) is 21.7 Å². The van der Waals surface area contributed by atoms with Crippen LogP contribution in [-0.4, -0.2) is 76.0 Å². The number of ether oxygens (including phenoxy) is 1. The Morgan fingerprint density at radius 1 is 1.02 bits per heavy atom. The Morgan fingerprint density at radius 2 is 1.64 bits per heavy atom. The van der Waals surface area contributed by atoms with E-state index in [2.05, 4.69) is 56.7 Å². The molecule has 1 aromatic carbocycles. The van der Waals surface area contributed by atoms with Gasteiger partial charge in [-0.15, -0.1) is 0 Å². The summed E-state index contributed by atoms with van der Waals surface area (Å²) >= 11 is 0. The summed E-state index contributed by atoms with van der Waals surface area (Å²) in [5.74, 6) is -0.0414. The third kappa shape index (κ3) is 7.13. The molecule has 3 aliphatic heterocycles. The van der Waals surface area contributed by atoms with Crippen LogP contribution in [0.15, 0.2) is 29.3 Å². The van der Waals surface area contributed by atoms with Crippen molar-refractivity contribution >= 4 is 23.6 Å². The fourth-order valence-corrected chi connectivity index (χ4v) is 7.58. The molecule has 2 amide bonds. The summed E-state index contributed by atoms with van der Waals surface area (Å²) in [4.78, 5) is 48.0. The number of likely N-dealkylation sites (tertiary alicyclic amines) is 1. The van der Waals surface area contributed by atoms with E-state index in [0.717, 1.165) is 56.9 Å². The van der Waals surface area contributed by atoms with Crippen molar-refractivity contribution in [3.05, 3.63) is 35.4 Å². The van der Waals surface area contributed by atoms with Crippen molar-refractivity contribution in [2.45, 2.75) is 123 Å². The number of carbonyl (C=O) groups is 3. The van der Waals surface area contributed by atoms with Gasteiger partial charge in [0, 0.05) is 25.2 Å². The van der Waals surface area contributed by atoms with Gasteiger partial charge in [-0.1, -0.05) is 53.7 Å². The Labute approximate surface area is 262 Å². The van der Waals surface area contributed by atoms with Gasteiger partial charge in [0.2, 0.25) is 0 Å². The number of carbonyl (C=O) groups excluding carboxylic acids is 2. The van der Waals surface area contributed by atoms with Gasteiger partial charge in [0.15, 0.2) is 5.84 Å². The van der Waals surface area contributed by atoms with Gasteiger partial charge in [0.25, 0.3) is 11.8 Å². The van der Waals surface area contributed by atoms with Crippen molar-refractivity contribution in [3.8, 4) is 0 Å². The summed E-state index contributed by atoms with van der Waals surface area (Å²) in [5, 5.41) is 11.6. The minimum Gasteiger partial charge on any atom is -0.481 e. The predicted octanol–water partition coefficient (Wildman–Crippen LogP) is 5.80. The number of aliphatic carboxylic acids is 1. The third-order valence-electron chi connectivity index (χ3n) is 10.2. The zero-order valence-corrected chi connectivity index (χ0v) is 27.5. The summed E-state index contributed by atoms with van der Waals surface area (Å²) in [6.45, 7) is 15.2. The van der Waals surface area contributed by atoms with E-state index in [-0.39, 0.29) is 53.9 Å². The van der Waals surface area contributed by atoms with E-state index >= 15 is 0 Å². The molecule has 1 saturated carbocycles. The molecule has 1 aliphatic carbocycles. The van der Waals surface area contributed by atoms with E-state index in [0.29, 0.717) is 30.4 Å². The zero-order chi connectivity index (χ0) is 31.9. The molecule has 44 heavy (non-hydrogen) atoms. The number of aliphatic imine (C=N–C) groups is 1. The number of nitrogens with one attached hydrogen (secondary N) is 1. The summed E-state index contributed by atoms with van der Waals surface area (Å²) in [7, 11) is 0. The van der Waals surface area contributed by atoms with Gasteiger partial charge < -0.3 is 25.0 Å². The highest BCUT2D eigenvalue weighted by Gasteiger charge is 2.54. The standard InChI is InChI=1S/C35H52N4O5/c1-33(2,3)17-15-28(23-7-9-24(10-8-23)31(42)36-20-16-29(40)41)39-32(43)30(38-21-26-11-12-27(22-38)44-26)37-35(39)18-13-25(14-19-35)34(4,5)6/h7-10,25-28H,11-22H2,1-6H3,(H,36,42)(H,40,41)/t25?,26-,27+,28-,35?/m1/s1. The third-order valence-corrected chi connectivity index (χ3v) is 10.2. The van der Waals surface area contributed by atoms with Crippen LogP contribution in [0.25, 0.3) is 0 Å². The fourth-order valence-electron chi connectivity index (χ4n) is 7.58. The molecule has 242 valence electrons. The van der Waals surface area contributed by atoms with Crippen LogP contribution in [-0.2, 0) is 14.3 Å². The fraction of sp³-hybridized carbons (Fsp3) is 0.714. The maximum Gasteiger partial charge on any atom is 0.305 e. The van der Waals surface area contributed by atoms with Crippen molar-refractivity contribution < 1.29 is 24.2 Å². The van der Waals surface area contributed by atoms with Crippen molar-refractivity contribution in [1.29, 1.82) is 0 Å². The molecule has 0 unspecified atom stereocenters. The number of amidine groups is 1. The molecule has 4 aliphatic rings. The van der Waals surface area contributed by atoms with Gasteiger partial charge in [-0.3, -0.25) is 14.4 Å². The molecule has 2 saturated heterocycles. The molecule has 2 N–H and O–H groups in total. The highest BCUT2D eigenvalue weighted by Crippen LogP contribution is 2.50. The highest BCUT2D eigenvalue weighted by molar-refractivity contribution is 6.39. The SMILES string of the molecule is CC(C)(C)CC[C@H](c1ccc(C(=O)NCCC(=O)O)cc1)N1C(=O)C(N2C[C@H]3CC[C@@H](C2)O3)=NC12CCC(C(C)(C)C)CC2. The number of morpholine rings is 1. The quantitative estimate of drug-likeness (QED) is 0.386. The molecule has 5 rings (SSSR count). The van der Waals surface area contributed by atoms with Gasteiger partial charge in [0.05, 0.1) is 24.7 Å². The first-order valence-electron chi connectivity index (χ1n) is 16.6. The summed E-state index contributed by atoms with van der Waals surface area (Å²) < 4.78 is 6.11. The number of hydrogen-bond donors (Lipinski definition) is 2. The van der Waals surface area contributed by atoms with Crippen molar-refractivity contribution in [3.63, 3.8) is 0 Å². The number of carboxylic acids is 1. The summed E-state index contributed by atoms with van der Waals surface area (Å²) in [5.41, 5.74) is 1.18. The normalized spacial score (nSPS) is 27.9. The summed E-state index contributed by atoms with van der Waals surface area (Å²) in [6.07, 6.45) is 7.74. The van der Waals surface area contributed by atoms with Gasteiger partial charge in [-0.2, -0.15) is 0 Å². The average molecular weight is 609 g/mol. The smallest absolute Gasteiger partial charge is 0.305 e. The molecule has 9 nitrogen and oxygen atoms in total. The van der Waals surface area contributed by atoms with E-state index in [9.17, 15) is 14.4 Å². The van der Waals surface area contributed by atoms with E-state index in [1.54, 1.807) is 12.1 Å². The van der Waals surface area contributed by atoms with Crippen LogP contribution in [0, 0.1) is 16.7 Å². The number of hydrogen-bond acceptors (Lipinski definition) is 6. The second-order valence-electron chi connectivity index (χ2n) is 15.7. The number of rotatable bonds is 8. The van der Waals surface area contributed by atoms with Gasteiger partial charge >= 0.3 is 5.97 Å². The highest BCUT2D eigenvalue weighted by atomic mass is 16.5. The maximum atomic E-state index is 14.7. The lowest BCUT2D eigenvalue weighted by Gasteiger charge is -2.47. The summed E-state index contributed by atoms with van der Waals surface area (Å²) in [6, 6.07) is 7.33. The second kappa shape index (κ2) is 12.5. The lowest BCUT2D eigenvalue weighted by molar-refractivity contribution is -0.137. The van der Waals surface area contributed by atoms with E-state index < -0.39 is 11.6 Å². The molecule has 3 heterocycles. The Kier molecular flexibility index (Phi) is 9.18. The molecule has 1 aromatic rings. The first-order chi connectivity index (χ1) is 20.6. The average Bonchev–Trinajstić information content (AvgIpc) is 3.43. The topological polar surface area (TPSA) is 112 Å². The van der Waals surface area contributed by atoms with Gasteiger partial charge in [-0.05, 0) is 85.8 Å². The molecular formula is C35H52N4O5. The van der Waals surface area contributed by atoms with Crippen LogP contribution in [0.5, 0.6) is 0 Å². The van der Waals surface area contributed by atoms with Crippen LogP contribution < -0.4 is 5.32 Å². The molecule has 0 aromatic heterocycles. The second-order valence-corrected chi connectivity index (χ2v) is 15.7. The lowest BCUT2D eigenvalue weighted by atomic mass is 9.69. The number of amides is 2. The van der Waals surface area contributed by atoms with Crippen LogP contribution in [0.1, 0.15) is 121 Å². The van der Waals surface area contributed by atoms with E-state index in [4.69, 9.17) is 14.8 Å². The first kappa shape index (κ1) is 32.5. The molecule has 3 fully saturated rings. The first-order valence-corrected chi connectivity index (χ1v) is 16.6. The van der Waals surface area contributed by atoms with Crippen molar-refractivity contribution in [1.82, 2.24) is 15.1 Å². The number of fused-ring (bicyclic) bond motifs is 2. The monoisotopic (exact) mass is 608 g/mol. The number of benzene rings is 1.